The third-order valence-corrected chi connectivity index (χ3v) is 3.14. The number of carboxylic acid groups (broad SMARTS) is 1. The van der Waals surface area contributed by atoms with Crippen molar-refractivity contribution in [2.45, 2.75) is 12.5 Å². The topological polar surface area (TPSA) is 86.9 Å². The molecule has 0 saturated carbocycles. The second kappa shape index (κ2) is 4.23. The summed E-state index contributed by atoms with van der Waals surface area (Å²) in [6.45, 7) is 1.01. The average Bonchev–Trinajstić information content (AvgIpc) is 2.95. The molecule has 2 amide bonds. The fraction of sp³-hybridized carbons (Fsp3) is 0.700. The first kappa shape index (κ1) is 11.7. The van der Waals surface area contributed by atoms with Crippen molar-refractivity contribution in [1.29, 1.82) is 0 Å². The van der Waals surface area contributed by atoms with E-state index in [9.17, 15) is 14.4 Å². The van der Waals surface area contributed by atoms with Crippen LogP contribution in [0.4, 0.5) is 4.79 Å². The van der Waals surface area contributed by atoms with Gasteiger partial charge in [-0.3, -0.25) is 4.79 Å². The predicted molar refractivity (Wildman–Crippen MR) is 55.2 cm³/mol. The highest BCUT2D eigenvalue weighted by atomic mass is 16.5. The maximum absolute atomic E-state index is 11.9. The highest BCUT2D eigenvalue weighted by molar-refractivity contribution is 5.89. The van der Waals surface area contributed by atoms with E-state index in [0.717, 1.165) is 0 Å². The summed E-state index contributed by atoms with van der Waals surface area (Å²) >= 11 is 0. The number of hydrogen-bond donors (Lipinski definition) is 1. The Balaban J connectivity index is 1.87. The highest BCUT2D eigenvalue weighted by Gasteiger charge is 2.48. The lowest BCUT2D eigenvalue weighted by molar-refractivity contribution is -0.142. The van der Waals surface area contributed by atoms with E-state index in [2.05, 4.69) is 4.74 Å². The Morgan fingerprint density at radius 1 is 1.29 bits per heavy atom. The molecule has 7 heteroatoms. The molecule has 0 spiro atoms. The summed E-state index contributed by atoms with van der Waals surface area (Å²) < 4.78 is 4.53. The third-order valence-electron chi connectivity index (χ3n) is 3.14. The Hall–Kier alpha value is -1.79. The number of carboxylic acids is 1. The van der Waals surface area contributed by atoms with Crippen LogP contribution < -0.4 is 0 Å². The molecule has 1 unspecified atom stereocenters. The highest BCUT2D eigenvalue weighted by Crippen LogP contribution is 2.25. The number of rotatable bonds is 2. The van der Waals surface area contributed by atoms with Crippen molar-refractivity contribution in [2.24, 2.45) is 5.92 Å². The maximum Gasteiger partial charge on any atom is 0.330 e. The monoisotopic (exact) mass is 242 g/mol. The minimum atomic E-state index is -0.879. The summed E-state index contributed by atoms with van der Waals surface area (Å²) in [5.41, 5.74) is 0. The van der Waals surface area contributed by atoms with Gasteiger partial charge in [-0.25, -0.2) is 9.59 Å². The van der Waals surface area contributed by atoms with Crippen LogP contribution >= 0.6 is 0 Å². The molecule has 0 aromatic heterocycles. The van der Waals surface area contributed by atoms with Gasteiger partial charge in [0.25, 0.3) is 0 Å². The molecule has 2 rings (SSSR count). The van der Waals surface area contributed by atoms with Crippen LogP contribution in [0.2, 0.25) is 0 Å². The molecule has 2 atom stereocenters. The standard InChI is InChI=1S/C10H14N2O5/c1-17-9(15)7-5-12(7)10(16)11-3-2-6(4-11)8(13)14/h6-7H,2-5H2,1H3,(H,13,14)/t6-,7?,12?/m0/s1. The molecule has 0 aromatic carbocycles. The van der Waals surface area contributed by atoms with Gasteiger partial charge >= 0.3 is 18.0 Å². The summed E-state index contributed by atoms with van der Waals surface area (Å²) in [6, 6.07) is -0.763. The van der Waals surface area contributed by atoms with Crippen LogP contribution in [0.3, 0.4) is 0 Å². The second-order valence-corrected chi connectivity index (χ2v) is 4.24. The van der Waals surface area contributed by atoms with Gasteiger partial charge in [0.2, 0.25) is 0 Å². The van der Waals surface area contributed by atoms with Gasteiger partial charge in [0.05, 0.1) is 19.6 Å². The van der Waals surface area contributed by atoms with Crippen LogP contribution in [0.5, 0.6) is 0 Å². The summed E-state index contributed by atoms with van der Waals surface area (Å²) in [6.07, 6.45) is 0.470. The molecule has 2 saturated heterocycles. The first-order chi connectivity index (χ1) is 8.04. The van der Waals surface area contributed by atoms with Gasteiger partial charge in [0.1, 0.15) is 6.04 Å². The number of aliphatic carboxylic acids is 1. The lowest BCUT2D eigenvalue weighted by Gasteiger charge is -2.16. The molecule has 0 radical (unpaired) electrons. The first-order valence-electron chi connectivity index (χ1n) is 5.40. The molecule has 0 bridgehead atoms. The van der Waals surface area contributed by atoms with E-state index < -0.39 is 23.9 Å². The Morgan fingerprint density at radius 2 is 2.00 bits per heavy atom. The molecular formula is C10H14N2O5. The van der Waals surface area contributed by atoms with Crippen LogP contribution in [0.15, 0.2) is 0 Å². The number of urea groups is 1. The second-order valence-electron chi connectivity index (χ2n) is 4.24. The number of nitrogens with zero attached hydrogens (tertiary/aromatic N) is 2. The summed E-state index contributed by atoms with van der Waals surface area (Å²) in [7, 11) is 1.28. The molecule has 94 valence electrons. The Kier molecular flexibility index (Phi) is 2.91. The minimum absolute atomic E-state index is 0.221. The SMILES string of the molecule is COC(=O)C1CN1C(=O)N1CC[C@H](C(=O)O)C1. The summed E-state index contributed by atoms with van der Waals surface area (Å²) in [4.78, 5) is 36.6. The largest absolute Gasteiger partial charge is 0.481 e. The zero-order valence-electron chi connectivity index (χ0n) is 9.46. The lowest BCUT2D eigenvalue weighted by Crippen LogP contribution is -2.35. The number of carbonyl (C=O) groups is 3. The van der Waals surface area contributed by atoms with Crippen molar-refractivity contribution < 1.29 is 24.2 Å². The van der Waals surface area contributed by atoms with Crippen molar-refractivity contribution in [1.82, 2.24) is 9.80 Å². The van der Waals surface area contributed by atoms with Crippen molar-refractivity contribution >= 4 is 18.0 Å². The van der Waals surface area contributed by atoms with E-state index in [4.69, 9.17) is 5.11 Å². The molecule has 0 aliphatic carbocycles. The molecular weight excluding hydrogens is 228 g/mol. The number of carbonyl (C=O) groups excluding carboxylic acids is 2. The van der Waals surface area contributed by atoms with E-state index in [0.29, 0.717) is 19.5 Å². The van der Waals surface area contributed by atoms with Crippen molar-refractivity contribution in [2.75, 3.05) is 26.7 Å². The fourth-order valence-corrected chi connectivity index (χ4v) is 2.01. The molecule has 2 aliphatic heterocycles. The van der Waals surface area contributed by atoms with E-state index in [1.807, 2.05) is 0 Å². The molecule has 2 fully saturated rings. The molecule has 0 aromatic rings. The number of ether oxygens (including phenoxy) is 1. The van der Waals surface area contributed by atoms with E-state index >= 15 is 0 Å². The van der Waals surface area contributed by atoms with Crippen molar-refractivity contribution in [3.8, 4) is 0 Å². The van der Waals surface area contributed by atoms with Gasteiger partial charge in [-0.05, 0) is 6.42 Å². The van der Waals surface area contributed by atoms with E-state index in [-0.39, 0.29) is 12.6 Å². The fourth-order valence-electron chi connectivity index (χ4n) is 2.01. The number of esters is 1. The number of amides is 2. The van der Waals surface area contributed by atoms with Gasteiger partial charge < -0.3 is 19.6 Å². The van der Waals surface area contributed by atoms with Gasteiger partial charge in [-0.1, -0.05) is 0 Å². The predicted octanol–water partition coefficient (Wildman–Crippen LogP) is -0.630. The number of methoxy groups -OCH3 is 1. The minimum Gasteiger partial charge on any atom is -0.481 e. The van der Waals surface area contributed by atoms with Crippen molar-refractivity contribution in [3.05, 3.63) is 0 Å². The molecule has 2 heterocycles. The van der Waals surface area contributed by atoms with E-state index in [1.54, 1.807) is 0 Å². The molecule has 2 aliphatic rings. The van der Waals surface area contributed by atoms with Gasteiger partial charge in [0.15, 0.2) is 0 Å². The Labute approximate surface area is 97.9 Å². The van der Waals surface area contributed by atoms with Crippen LogP contribution in [0.1, 0.15) is 6.42 Å². The molecule has 1 N–H and O–H groups in total. The van der Waals surface area contributed by atoms with Crippen LogP contribution in [0.25, 0.3) is 0 Å². The Bertz CT molecular complexity index is 370. The van der Waals surface area contributed by atoms with Gasteiger partial charge in [-0.15, -0.1) is 0 Å². The Morgan fingerprint density at radius 3 is 2.53 bits per heavy atom. The zero-order chi connectivity index (χ0) is 12.6. The maximum atomic E-state index is 11.9. The summed E-state index contributed by atoms with van der Waals surface area (Å²) in [5.74, 6) is -1.79. The van der Waals surface area contributed by atoms with Gasteiger partial charge in [-0.2, -0.15) is 0 Å². The number of hydrogen-bond acceptors (Lipinski definition) is 4. The van der Waals surface area contributed by atoms with E-state index in [1.165, 1.54) is 16.9 Å². The van der Waals surface area contributed by atoms with Crippen LogP contribution in [-0.4, -0.2) is 65.7 Å². The summed E-state index contributed by atoms with van der Waals surface area (Å²) in [5, 5.41) is 8.82. The van der Waals surface area contributed by atoms with Crippen LogP contribution in [-0.2, 0) is 14.3 Å². The van der Waals surface area contributed by atoms with Crippen LogP contribution in [0, 0.1) is 5.92 Å². The number of likely N-dealkylation sites (tertiary alicyclic amines) is 1. The smallest absolute Gasteiger partial charge is 0.330 e. The molecule has 7 nitrogen and oxygen atoms in total. The zero-order valence-corrected chi connectivity index (χ0v) is 9.46. The van der Waals surface area contributed by atoms with Crippen molar-refractivity contribution in [3.63, 3.8) is 0 Å². The lowest BCUT2D eigenvalue weighted by atomic mass is 10.1. The normalized spacial score (nSPS) is 26.9. The first-order valence-corrected chi connectivity index (χ1v) is 5.40. The average molecular weight is 242 g/mol. The quantitative estimate of drug-likeness (QED) is 0.514. The van der Waals surface area contributed by atoms with Gasteiger partial charge in [0, 0.05) is 13.1 Å². The third kappa shape index (κ3) is 2.17. The molecule has 17 heavy (non-hydrogen) atoms.